The molecule has 0 radical (unpaired) electrons. The Balaban J connectivity index is 1.75. The predicted molar refractivity (Wildman–Crippen MR) is 91.8 cm³/mol. The zero-order valence-corrected chi connectivity index (χ0v) is 15.9. The zero-order valence-electron chi connectivity index (χ0n) is 15.1. The molecule has 148 valence electrons. The highest BCUT2D eigenvalue weighted by atomic mass is 32.2. The van der Waals surface area contributed by atoms with Gasteiger partial charge in [0.25, 0.3) is 5.89 Å². The van der Waals surface area contributed by atoms with Crippen LogP contribution in [0.25, 0.3) is 11.5 Å². The van der Waals surface area contributed by atoms with Crippen LogP contribution >= 0.6 is 0 Å². The monoisotopic (exact) mass is 399 g/mol. The number of morpholine rings is 1. The molecule has 1 atom stereocenters. The molecule has 0 bridgehead atoms. The number of aryl methyl sites for hydroxylation is 1. The van der Waals surface area contributed by atoms with Crippen LogP contribution in [-0.2, 0) is 31.3 Å². The molecule has 11 nitrogen and oxygen atoms in total. The predicted octanol–water partition coefficient (Wildman–Crippen LogP) is 0.126. The Labute approximate surface area is 156 Å². The van der Waals surface area contributed by atoms with Crippen LogP contribution in [0.4, 0.5) is 0 Å². The Hall–Kier alpha value is -2.31. The number of hydrogen-bond donors (Lipinski definition) is 0. The molecule has 0 amide bonds. The molecule has 2 aromatic heterocycles. The van der Waals surface area contributed by atoms with E-state index < -0.39 is 22.0 Å². The van der Waals surface area contributed by atoms with E-state index in [2.05, 4.69) is 20.0 Å². The van der Waals surface area contributed by atoms with Gasteiger partial charge in [-0.1, -0.05) is 5.16 Å². The van der Waals surface area contributed by atoms with Gasteiger partial charge in [0.05, 0.1) is 37.8 Å². The van der Waals surface area contributed by atoms with Crippen LogP contribution in [-0.4, -0.2) is 71.2 Å². The average molecular weight is 399 g/mol. The van der Waals surface area contributed by atoms with Crippen molar-refractivity contribution in [3.05, 3.63) is 18.2 Å². The summed E-state index contributed by atoms with van der Waals surface area (Å²) in [6, 6.07) is -0.684. The standard InChI is InChI=1S/C15H21N5O6S/c1-19-9-11(8-16-19)15-17-14(18-26-15)12-10-25-6-5-20(12)27(22,23)7-3-4-13(21)24-2/h8-9,12H,3-7,10H2,1-2H3. The van der Waals surface area contributed by atoms with Crippen molar-refractivity contribution in [2.45, 2.75) is 18.9 Å². The number of aromatic nitrogens is 4. The summed E-state index contributed by atoms with van der Waals surface area (Å²) < 4.78 is 43.6. The van der Waals surface area contributed by atoms with E-state index in [1.807, 2.05) is 0 Å². The number of methoxy groups -OCH3 is 1. The number of rotatable bonds is 7. The van der Waals surface area contributed by atoms with Crippen molar-refractivity contribution >= 4 is 16.0 Å². The van der Waals surface area contributed by atoms with Crippen molar-refractivity contribution in [2.75, 3.05) is 32.6 Å². The molecule has 3 heterocycles. The van der Waals surface area contributed by atoms with Crippen molar-refractivity contribution in [3.8, 4) is 11.5 Å². The summed E-state index contributed by atoms with van der Waals surface area (Å²) in [5.41, 5.74) is 0.639. The van der Waals surface area contributed by atoms with E-state index in [-0.39, 0.29) is 50.1 Å². The summed E-state index contributed by atoms with van der Waals surface area (Å²) in [5, 5.41) is 7.97. The van der Waals surface area contributed by atoms with E-state index in [4.69, 9.17) is 9.26 Å². The van der Waals surface area contributed by atoms with Gasteiger partial charge in [0, 0.05) is 26.2 Å². The molecule has 0 spiro atoms. The highest BCUT2D eigenvalue weighted by Gasteiger charge is 2.36. The van der Waals surface area contributed by atoms with Crippen molar-refractivity contribution in [1.82, 2.24) is 24.2 Å². The second kappa shape index (κ2) is 8.15. The van der Waals surface area contributed by atoms with Gasteiger partial charge in [-0.15, -0.1) is 0 Å². The van der Waals surface area contributed by atoms with E-state index in [1.54, 1.807) is 24.1 Å². The van der Waals surface area contributed by atoms with Crippen molar-refractivity contribution in [2.24, 2.45) is 7.05 Å². The first-order chi connectivity index (χ1) is 12.9. The number of carbonyl (C=O) groups is 1. The fourth-order valence-corrected chi connectivity index (χ4v) is 4.40. The van der Waals surface area contributed by atoms with Gasteiger partial charge in [-0.05, 0) is 6.42 Å². The lowest BCUT2D eigenvalue weighted by Crippen LogP contribution is -2.44. The minimum Gasteiger partial charge on any atom is -0.469 e. The molecule has 1 aliphatic rings. The van der Waals surface area contributed by atoms with Crippen molar-refractivity contribution in [3.63, 3.8) is 0 Å². The summed E-state index contributed by atoms with van der Waals surface area (Å²) >= 11 is 0. The Morgan fingerprint density at radius 1 is 1.44 bits per heavy atom. The molecule has 0 aliphatic carbocycles. The summed E-state index contributed by atoms with van der Waals surface area (Å²) in [4.78, 5) is 15.5. The second-order valence-corrected chi connectivity index (χ2v) is 8.10. The van der Waals surface area contributed by atoms with Gasteiger partial charge >= 0.3 is 5.97 Å². The maximum atomic E-state index is 12.7. The molecule has 1 saturated heterocycles. The van der Waals surface area contributed by atoms with E-state index >= 15 is 0 Å². The third-order valence-electron chi connectivity index (χ3n) is 4.14. The first kappa shape index (κ1) is 19.5. The van der Waals surface area contributed by atoms with Gasteiger partial charge in [-0.3, -0.25) is 9.48 Å². The number of nitrogens with zero attached hydrogens (tertiary/aromatic N) is 5. The van der Waals surface area contributed by atoms with E-state index in [9.17, 15) is 13.2 Å². The largest absolute Gasteiger partial charge is 0.469 e. The number of sulfonamides is 1. The van der Waals surface area contributed by atoms with Gasteiger partial charge < -0.3 is 14.0 Å². The van der Waals surface area contributed by atoms with Crippen LogP contribution in [0.3, 0.4) is 0 Å². The SMILES string of the molecule is COC(=O)CCCS(=O)(=O)N1CCOCC1c1noc(-c2cnn(C)c2)n1. The third kappa shape index (κ3) is 4.51. The number of carbonyl (C=O) groups excluding carboxylic acids is 1. The summed E-state index contributed by atoms with van der Waals surface area (Å²) in [7, 11) is -0.597. The topological polar surface area (TPSA) is 130 Å². The molecular weight excluding hydrogens is 378 g/mol. The molecule has 2 aromatic rings. The second-order valence-electron chi connectivity index (χ2n) is 6.06. The Morgan fingerprint density at radius 3 is 2.96 bits per heavy atom. The molecule has 0 saturated carbocycles. The van der Waals surface area contributed by atoms with Crippen LogP contribution in [0.1, 0.15) is 24.7 Å². The van der Waals surface area contributed by atoms with Gasteiger partial charge in [0.1, 0.15) is 6.04 Å². The number of esters is 1. The molecule has 27 heavy (non-hydrogen) atoms. The molecule has 3 rings (SSSR count). The smallest absolute Gasteiger partial charge is 0.305 e. The third-order valence-corrected chi connectivity index (χ3v) is 6.10. The number of ether oxygens (including phenoxy) is 2. The molecule has 1 aliphatic heterocycles. The quantitative estimate of drug-likeness (QED) is 0.596. The van der Waals surface area contributed by atoms with Crippen LogP contribution in [0, 0.1) is 0 Å². The lowest BCUT2D eigenvalue weighted by Gasteiger charge is -2.32. The van der Waals surface area contributed by atoms with Crippen LogP contribution in [0.5, 0.6) is 0 Å². The summed E-state index contributed by atoms with van der Waals surface area (Å²) in [5.74, 6) is -0.133. The molecule has 1 fully saturated rings. The van der Waals surface area contributed by atoms with Crippen LogP contribution in [0.2, 0.25) is 0 Å². The first-order valence-electron chi connectivity index (χ1n) is 8.37. The first-order valence-corrected chi connectivity index (χ1v) is 9.98. The molecular formula is C15H21N5O6S. The van der Waals surface area contributed by atoms with Crippen molar-refractivity contribution < 1.29 is 27.2 Å². The molecule has 1 unspecified atom stereocenters. The minimum absolute atomic E-state index is 0.0398. The number of hydrogen-bond acceptors (Lipinski definition) is 9. The zero-order chi connectivity index (χ0) is 19.4. The fourth-order valence-electron chi connectivity index (χ4n) is 2.76. The van der Waals surface area contributed by atoms with Gasteiger partial charge in [0.2, 0.25) is 10.0 Å². The molecule has 0 N–H and O–H groups in total. The molecule has 0 aromatic carbocycles. The lowest BCUT2D eigenvalue weighted by molar-refractivity contribution is -0.140. The van der Waals surface area contributed by atoms with Gasteiger partial charge in [-0.2, -0.15) is 14.4 Å². The average Bonchev–Trinajstić information content (AvgIpc) is 3.30. The Morgan fingerprint density at radius 2 is 2.26 bits per heavy atom. The van der Waals surface area contributed by atoms with Crippen LogP contribution in [0.15, 0.2) is 16.9 Å². The normalized spacial score (nSPS) is 18.5. The lowest BCUT2D eigenvalue weighted by atomic mass is 10.2. The van der Waals surface area contributed by atoms with E-state index in [0.717, 1.165) is 0 Å². The maximum absolute atomic E-state index is 12.7. The summed E-state index contributed by atoms with van der Waals surface area (Å²) in [6.45, 7) is 0.588. The highest BCUT2D eigenvalue weighted by molar-refractivity contribution is 7.89. The Kier molecular flexibility index (Phi) is 5.87. The Bertz CT molecular complexity index is 892. The minimum atomic E-state index is -3.63. The molecule has 12 heteroatoms. The summed E-state index contributed by atoms with van der Waals surface area (Å²) in [6.07, 6.45) is 3.51. The van der Waals surface area contributed by atoms with E-state index in [1.165, 1.54) is 11.4 Å². The van der Waals surface area contributed by atoms with Crippen LogP contribution < -0.4 is 0 Å². The van der Waals surface area contributed by atoms with Gasteiger partial charge in [-0.25, -0.2) is 8.42 Å². The van der Waals surface area contributed by atoms with Crippen molar-refractivity contribution in [1.29, 1.82) is 0 Å². The van der Waals surface area contributed by atoms with Gasteiger partial charge in [0.15, 0.2) is 5.82 Å². The van der Waals surface area contributed by atoms with E-state index in [0.29, 0.717) is 5.56 Å². The maximum Gasteiger partial charge on any atom is 0.305 e. The fraction of sp³-hybridized carbons (Fsp3) is 0.600. The highest BCUT2D eigenvalue weighted by Crippen LogP contribution is 2.27.